The molecule has 0 rings (SSSR count). The van der Waals surface area contributed by atoms with Gasteiger partial charge in [0.2, 0.25) is 0 Å². The molecule has 0 aromatic rings. The second-order valence-corrected chi connectivity index (χ2v) is 1.45. The number of carboxylic acids is 2. The number of hydrogen-bond donors (Lipinski definition) is 0. The molecule has 6 heteroatoms. The summed E-state index contributed by atoms with van der Waals surface area (Å²) in [6, 6.07) is -1.71. The van der Waals surface area contributed by atoms with E-state index in [-0.39, 0.29) is 17.1 Å². The first-order valence-electron chi connectivity index (χ1n) is 2.16. The monoisotopic (exact) mass is 193 g/mol. The van der Waals surface area contributed by atoms with Crippen LogP contribution in [0.5, 0.6) is 0 Å². The van der Waals surface area contributed by atoms with Gasteiger partial charge in [-0.1, -0.05) is 6.04 Å². The van der Waals surface area contributed by atoms with E-state index < -0.39 is 24.4 Å². The molecular formula is C4H4CuNO4-. The van der Waals surface area contributed by atoms with E-state index in [0.717, 1.165) is 0 Å². The Labute approximate surface area is 67.7 Å². The minimum atomic E-state index is -1.71. The van der Waals surface area contributed by atoms with Gasteiger partial charge in [0.25, 0.3) is 0 Å². The Morgan fingerprint density at radius 3 is 1.90 bits per heavy atom. The van der Waals surface area contributed by atoms with Crippen molar-refractivity contribution in [2.45, 2.75) is 12.5 Å². The van der Waals surface area contributed by atoms with E-state index in [0.29, 0.717) is 0 Å². The fourth-order valence-corrected chi connectivity index (χ4v) is 0.250. The van der Waals surface area contributed by atoms with Crippen LogP contribution in [0.4, 0.5) is 0 Å². The van der Waals surface area contributed by atoms with Crippen LogP contribution in [0, 0.1) is 0 Å². The second-order valence-electron chi connectivity index (χ2n) is 1.45. The first-order valence-corrected chi connectivity index (χ1v) is 2.16. The van der Waals surface area contributed by atoms with E-state index in [1.807, 2.05) is 0 Å². The number of rotatable bonds is 3. The summed E-state index contributed by atoms with van der Waals surface area (Å²) < 4.78 is 0. The molecule has 10 heavy (non-hydrogen) atoms. The predicted octanol–water partition coefficient (Wildman–Crippen LogP) is -2.71. The number of nitrogens with one attached hydrogen (secondary N) is 1. The third kappa shape index (κ3) is 5.55. The number of carbonyl (C=O) groups is 2. The minimum Gasteiger partial charge on any atom is -0.670 e. The number of carbonyl (C=O) groups excluding carboxylic acids is 2. The summed E-state index contributed by atoms with van der Waals surface area (Å²) in [5.74, 6) is -3.25. The Bertz CT molecular complexity index is 137. The average molecular weight is 194 g/mol. The molecule has 0 aromatic carbocycles. The average Bonchev–Trinajstić information content (AvgIpc) is 1.63. The van der Waals surface area contributed by atoms with Gasteiger partial charge in [-0.25, -0.2) is 0 Å². The van der Waals surface area contributed by atoms with Gasteiger partial charge in [-0.2, -0.15) is 0 Å². The van der Waals surface area contributed by atoms with Crippen molar-refractivity contribution in [3.63, 3.8) is 0 Å². The Kier molecular flexibility index (Phi) is 6.34. The molecule has 0 bridgehead atoms. The van der Waals surface area contributed by atoms with Crippen LogP contribution in [-0.2, 0) is 26.7 Å². The van der Waals surface area contributed by atoms with Crippen molar-refractivity contribution >= 4 is 11.9 Å². The fourth-order valence-electron chi connectivity index (χ4n) is 0.250. The van der Waals surface area contributed by atoms with Crippen LogP contribution in [0.1, 0.15) is 6.42 Å². The third-order valence-electron chi connectivity index (χ3n) is 0.655. The van der Waals surface area contributed by atoms with Crippen LogP contribution in [0.2, 0.25) is 0 Å². The number of hydrogen-bond acceptors (Lipinski definition) is 4. The van der Waals surface area contributed by atoms with Gasteiger partial charge >= 0.3 is 17.1 Å². The Balaban J connectivity index is 0. The molecule has 1 atom stereocenters. The van der Waals surface area contributed by atoms with Gasteiger partial charge < -0.3 is 25.5 Å². The molecule has 0 saturated heterocycles. The van der Waals surface area contributed by atoms with Gasteiger partial charge in [0.1, 0.15) is 0 Å². The summed E-state index contributed by atoms with van der Waals surface area (Å²) >= 11 is 0. The Hall–Kier alpha value is -0.581. The van der Waals surface area contributed by atoms with Gasteiger partial charge in [-0.3, -0.25) is 0 Å². The van der Waals surface area contributed by atoms with Crippen molar-refractivity contribution < 1.29 is 36.9 Å². The summed E-state index contributed by atoms with van der Waals surface area (Å²) in [4.78, 5) is 19.2. The van der Waals surface area contributed by atoms with Crippen molar-refractivity contribution in [3.8, 4) is 0 Å². The minimum absolute atomic E-state index is 0. The van der Waals surface area contributed by atoms with E-state index in [4.69, 9.17) is 5.73 Å². The van der Waals surface area contributed by atoms with Gasteiger partial charge in [0.15, 0.2) is 0 Å². The molecule has 0 saturated carbocycles. The van der Waals surface area contributed by atoms with Crippen LogP contribution in [0.15, 0.2) is 0 Å². The third-order valence-corrected chi connectivity index (χ3v) is 0.655. The normalized spacial score (nSPS) is 11.3. The number of aliphatic carboxylic acids is 2. The molecule has 1 N–H and O–H groups in total. The molecule has 61 valence electrons. The summed E-state index contributed by atoms with van der Waals surface area (Å²) in [5.41, 5.74) is 6.47. The first-order chi connectivity index (χ1) is 4.04. The molecule has 0 aliphatic carbocycles. The maximum Gasteiger partial charge on any atom is 2.00 e. The molecule has 0 heterocycles. The molecule has 0 amide bonds. The molecular weight excluding hydrogens is 190 g/mol. The standard InChI is InChI=1S/C4H6NO4.Cu/c5-2(4(8)9)1-3(6)7;/h2,5H,1H2,(H,6,7)(H,8,9);/q-1;+2/p-2/t2-;/m0./s1. The van der Waals surface area contributed by atoms with Crippen molar-refractivity contribution in [1.29, 1.82) is 0 Å². The van der Waals surface area contributed by atoms with E-state index in [1.54, 1.807) is 0 Å². The van der Waals surface area contributed by atoms with Crippen LogP contribution >= 0.6 is 0 Å². The van der Waals surface area contributed by atoms with Gasteiger partial charge in [0.05, 0.1) is 0 Å². The van der Waals surface area contributed by atoms with Gasteiger partial charge in [-0.15, -0.1) is 0 Å². The van der Waals surface area contributed by atoms with E-state index in [1.165, 1.54) is 0 Å². The second kappa shape index (κ2) is 5.22. The van der Waals surface area contributed by atoms with Crippen molar-refractivity contribution in [2.75, 3.05) is 0 Å². The van der Waals surface area contributed by atoms with Crippen LogP contribution in [-0.4, -0.2) is 18.0 Å². The number of carboxylic acid groups (broad SMARTS) is 2. The van der Waals surface area contributed by atoms with Gasteiger partial charge in [0, 0.05) is 11.9 Å². The molecule has 0 aliphatic rings. The summed E-state index contributed by atoms with van der Waals surface area (Å²) in [7, 11) is 0. The maximum absolute atomic E-state index is 9.65. The largest absolute Gasteiger partial charge is 2.00 e. The van der Waals surface area contributed by atoms with Crippen molar-refractivity contribution in [2.24, 2.45) is 0 Å². The predicted molar refractivity (Wildman–Crippen MR) is 22.7 cm³/mol. The van der Waals surface area contributed by atoms with E-state index >= 15 is 0 Å². The van der Waals surface area contributed by atoms with E-state index in [2.05, 4.69) is 0 Å². The molecule has 0 aliphatic heterocycles. The van der Waals surface area contributed by atoms with Crippen LogP contribution < -0.4 is 10.2 Å². The molecule has 5 nitrogen and oxygen atoms in total. The maximum atomic E-state index is 9.65. The summed E-state index contributed by atoms with van der Waals surface area (Å²) in [5, 5.41) is 19.2. The SMILES string of the molecule is [Cu+2].[NH-][C@@H](CC(=O)[O-])C(=O)[O-]. The molecule has 0 unspecified atom stereocenters. The Morgan fingerprint density at radius 1 is 1.40 bits per heavy atom. The smallest absolute Gasteiger partial charge is 0.670 e. The van der Waals surface area contributed by atoms with Gasteiger partial charge in [-0.05, 0) is 6.42 Å². The van der Waals surface area contributed by atoms with Crippen LogP contribution in [0.25, 0.3) is 5.73 Å². The fraction of sp³-hybridized carbons (Fsp3) is 0.500. The van der Waals surface area contributed by atoms with Crippen LogP contribution in [0.3, 0.4) is 0 Å². The zero-order chi connectivity index (χ0) is 7.44. The van der Waals surface area contributed by atoms with Crippen molar-refractivity contribution in [3.05, 3.63) is 5.73 Å². The molecule has 0 fully saturated rings. The zero-order valence-electron chi connectivity index (χ0n) is 4.72. The van der Waals surface area contributed by atoms with E-state index in [9.17, 15) is 19.8 Å². The zero-order valence-corrected chi connectivity index (χ0v) is 5.66. The molecule has 0 spiro atoms. The summed E-state index contributed by atoms with van der Waals surface area (Å²) in [6.07, 6.45) is -0.817. The van der Waals surface area contributed by atoms with Crippen molar-refractivity contribution in [1.82, 2.24) is 0 Å². The Morgan fingerprint density at radius 2 is 1.80 bits per heavy atom. The molecule has 0 aromatic heterocycles. The quantitative estimate of drug-likeness (QED) is 0.455. The first kappa shape index (κ1) is 12.1. The topological polar surface area (TPSA) is 104 Å². The molecule has 1 radical (unpaired) electrons. The summed E-state index contributed by atoms with van der Waals surface area (Å²) in [6.45, 7) is 0.